The van der Waals surface area contributed by atoms with Gasteiger partial charge >= 0.3 is 39.7 Å². The Hall–Kier alpha value is -12.3. The molecule has 0 aliphatic rings. The standard InChI is InChI=1S/C21H25N5O4S.C16H16N4.C16H12N4.C12H19N3O4S.C10H9ClN2.C6H5BN2O2.ClH/c1-13-8-17-18(9-14(13)2)23-12-24-19(17)15-6-7-16(22-10-15)11-25-31(28,29)26-20(27)30-21(3,4)5;2*1-10-5-14-15(6-11(10)2)19-9-20-16(14)12-3-4-13(7-17)18-8-12;1-12(2,3)19-11(16)13-20(17,18)15-8-6-10(7-9-15)14(4)5;1-6-3-8-9(4-7(6)2)12-5-13-10(8)11;8-3-6-2-1-5(4-9-6)7(10)11;/h6-10,12,25H,11H2,1-5H3,(H,26,27);3-6,8-9H,7,17H2,1-2H3;3-6,8-9H,1-2H3;6-9H,1-5H3;3-5H,1-2H3;1-2,4,10-11H;1H. The van der Waals surface area contributed by atoms with Crippen LogP contribution in [-0.4, -0.2) is 131 Å². The van der Waals surface area contributed by atoms with Gasteiger partial charge in [-0.05, 0) is 232 Å². The molecule has 0 radical (unpaired) electrons. The first kappa shape index (κ1) is 90.9. The number of ether oxygens (including phenoxy) is 2. The van der Waals surface area contributed by atoms with Crippen molar-refractivity contribution in [1.29, 1.82) is 10.5 Å². The molecule has 0 bridgehead atoms. The van der Waals surface area contributed by atoms with Crippen molar-refractivity contribution in [2.24, 2.45) is 5.73 Å². The quantitative estimate of drug-likeness (QED) is 0.0380. The molecule has 600 valence electrons. The van der Waals surface area contributed by atoms with Gasteiger partial charge in [0.1, 0.15) is 65.2 Å². The molecule has 0 unspecified atom stereocenters. The number of nitrogens with two attached hydrogens (primary N) is 1. The van der Waals surface area contributed by atoms with Crippen LogP contribution in [-0.2, 0) is 43.0 Å². The van der Waals surface area contributed by atoms with Crippen molar-refractivity contribution in [1.82, 2.24) is 74.0 Å². The molecule has 35 heteroatoms. The number of carbonyl (C=O) groups excluding carboxylic acids is 2. The number of fused-ring (bicyclic) bond motifs is 4. The second kappa shape index (κ2) is 40.1. The number of aromatic nitrogens is 13. The van der Waals surface area contributed by atoms with Crippen molar-refractivity contribution in [2.45, 2.75) is 121 Å². The molecule has 13 rings (SSSR count). The Morgan fingerprint density at radius 1 is 0.500 bits per heavy atom. The van der Waals surface area contributed by atoms with Gasteiger partial charge in [0.25, 0.3) is 0 Å². The molecule has 2 amide bonds. The summed E-state index contributed by atoms with van der Waals surface area (Å²) in [6, 6.07) is 37.5. The van der Waals surface area contributed by atoms with E-state index in [-0.39, 0.29) is 30.1 Å². The van der Waals surface area contributed by atoms with E-state index in [1.54, 1.807) is 95.6 Å². The fourth-order valence-corrected chi connectivity index (χ4v) is 12.1. The van der Waals surface area contributed by atoms with E-state index in [1.807, 2.05) is 104 Å². The monoisotopic (exact) mass is 1640 g/mol. The molecular weight excluding hydrogens is 1560 g/mol. The second-order valence-electron chi connectivity index (χ2n) is 28.3. The number of rotatable bonds is 12. The molecule has 4 aromatic carbocycles. The summed E-state index contributed by atoms with van der Waals surface area (Å²) in [5, 5.41) is 38.8. The highest BCUT2D eigenvalue weighted by Gasteiger charge is 2.29. The fraction of sp³-hybridized carbons (Fsp3) is 0.247. The van der Waals surface area contributed by atoms with E-state index in [9.17, 15) is 26.4 Å². The van der Waals surface area contributed by atoms with Gasteiger partial charge in [0.15, 0.2) is 12.4 Å². The van der Waals surface area contributed by atoms with E-state index < -0.39 is 50.9 Å². The average molecular weight is 1650 g/mol. The first-order valence-corrected chi connectivity index (χ1v) is 38.7. The van der Waals surface area contributed by atoms with Gasteiger partial charge in [0, 0.05) is 107 Å². The van der Waals surface area contributed by atoms with Crippen LogP contribution in [0.2, 0.25) is 5.15 Å². The minimum Gasteiger partial charge on any atom is -1.00 e. The minimum atomic E-state index is -4.09. The summed E-state index contributed by atoms with van der Waals surface area (Å²) in [6.45, 7) is 26.7. The predicted molar refractivity (Wildman–Crippen MR) is 442 cm³/mol. The maximum absolute atomic E-state index is 12.0. The van der Waals surface area contributed by atoms with Crippen LogP contribution in [0.25, 0.3) is 77.4 Å². The van der Waals surface area contributed by atoms with E-state index in [0.717, 1.165) is 104 Å². The Kier molecular flexibility index (Phi) is 31.4. The molecule has 0 fully saturated rings. The van der Waals surface area contributed by atoms with Crippen LogP contribution in [0.3, 0.4) is 0 Å². The maximum atomic E-state index is 12.0. The Morgan fingerprint density at radius 3 is 1.22 bits per heavy atom. The highest BCUT2D eigenvalue weighted by atomic mass is 35.5. The normalized spacial score (nSPS) is 11.0. The van der Waals surface area contributed by atoms with Gasteiger partial charge in [-0.15, -0.1) is 8.42 Å². The Labute approximate surface area is 684 Å². The number of carbonyl (C=O) groups is 2. The Bertz CT molecular complexity index is 5980. The number of hydrogen-bond acceptors (Lipinski definition) is 26. The molecule has 0 spiro atoms. The molecule has 0 aliphatic carbocycles. The second-order valence-corrected chi connectivity index (χ2v) is 31.7. The minimum absolute atomic E-state index is 0. The molecule has 0 saturated heterocycles. The lowest BCUT2D eigenvalue weighted by molar-refractivity contribution is -0.512. The van der Waals surface area contributed by atoms with Crippen LogP contribution in [0.5, 0.6) is 0 Å². The van der Waals surface area contributed by atoms with E-state index in [1.165, 1.54) is 76.8 Å². The van der Waals surface area contributed by atoms with E-state index in [4.69, 9.17) is 47.4 Å². The Morgan fingerprint density at radius 2 is 0.862 bits per heavy atom. The molecule has 9 aromatic heterocycles. The summed E-state index contributed by atoms with van der Waals surface area (Å²) in [5.41, 5.74) is 25.5. The largest absolute Gasteiger partial charge is 1.00 e. The lowest BCUT2D eigenvalue weighted by Gasteiger charge is -2.19. The van der Waals surface area contributed by atoms with Gasteiger partial charge in [0.2, 0.25) is 0 Å². The number of anilines is 1. The van der Waals surface area contributed by atoms with Crippen LogP contribution >= 0.6 is 11.6 Å². The summed E-state index contributed by atoms with van der Waals surface area (Å²) < 4.78 is 64.6. The zero-order valence-electron chi connectivity index (χ0n) is 66.6. The molecule has 7 N–H and O–H groups in total. The summed E-state index contributed by atoms with van der Waals surface area (Å²) in [5.74, 6) is 0. The highest BCUT2D eigenvalue weighted by molar-refractivity contribution is 7.88. The van der Waals surface area contributed by atoms with Crippen LogP contribution in [0.1, 0.15) is 109 Å². The summed E-state index contributed by atoms with van der Waals surface area (Å²) >= 11 is 5.93. The first-order valence-electron chi connectivity index (χ1n) is 35.4. The van der Waals surface area contributed by atoms with Crippen LogP contribution in [0, 0.1) is 78.1 Å². The Balaban J connectivity index is 0.000000198. The summed E-state index contributed by atoms with van der Waals surface area (Å²) in [4.78, 5) is 75.6. The van der Waals surface area contributed by atoms with Gasteiger partial charge in [-0.25, -0.2) is 64.2 Å². The molecule has 116 heavy (non-hydrogen) atoms. The molecule has 0 saturated carbocycles. The molecule has 9 heterocycles. The van der Waals surface area contributed by atoms with Crippen molar-refractivity contribution >= 4 is 106 Å². The van der Waals surface area contributed by atoms with Crippen molar-refractivity contribution in [3.05, 3.63) is 244 Å². The first-order chi connectivity index (χ1) is 54.2. The number of nitrogens with zero attached hydrogens (tertiary/aromatic N) is 16. The van der Waals surface area contributed by atoms with Gasteiger partial charge in [-0.3, -0.25) is 9.97 Å². The molecule has 13 aromatic rings. The van der Waals surface area contributed by atoms with Crippen molar-refractivity contribution in [3.8, 4) is 45.9 Å². The fourth-order valence-electron chi connectivity index (χ4n) is 10.4. The third kappa shape index (κ3) is 25.9. The van der Waals surface area contributed by atoms with E-state index >= 15 is 0 Å². The van der Waals surface area contributed by atoms with Gasteiger partial charge in [-0.2, -0.15) is 28.4 Å². The molecule has 0 atom stereocenters. The SMILES string of the molecule is CN(C)c1cc[n+](S(=O)(=O)NC(=O)OC(C)(C)C)cc1.Cc1cc2ncnc(-c3ccc(C#N)nc3)c2cc1C.Cc1cc2ncnc(-c3ccc(CN)nc3)c2cc1C.Cc1cc2ncnc(-c3ccc(CNS(=O)(=O)NC(=O)OC(C)(C)C)nc3)c2cc1C.Cc1cc2ncnc(Cl)c2cc1C.N#Cc1ccc(B(O)O)cn1.[Cl-]. The third-order valence-electron chi connectivity index (χ3n) is 17.0. The van der Waals surface area contributed by atoms with Crippen LogP contribution in [0.15, 0.2) is 172 Å². The van der Waals surface area contributed by atoms with Gasteiger partial charge in [-0.1, -0.05) is 21.6 Å². The zero-order valence-corrected chi connectivity index (χ0v) is 69.8. The highest BCUT2D eigenvalue weighted by Crippen LogP contribution is 2.31. The summed E-state index contributed by atoms with van der Waals surface area (Å²) in [7, 11) is -5.92. The molecule has 30 nitrogen and oxygen atoms in total. The number of benzene rings is 4. The van der Waals surface area contributed by atoms with Crippen molar-refractivity contribution in [2.75, 3.05) is 19.0 Å². The predicted octanol–water partition coefficient (Wildman–Crippen LogP) is 8.31. The van der Waals surface area contributed by atoms with Gasteiger partial charge < -0.3 is 42.6 Å². The number of aryl methyl sites for hydroxylation is 8. The van der Waals surface area contributed by atoms with Crippen molar-refractivity contribution < 1.29 is 62.3 Å². The topological polar surface area (TPSA) is 433 Å². The molecule has 0 aliphatic heterocycles. The van der Waals surface area contributed by atoms with E-state index in [0.29, 0.717) is 23.1 Å². The molecular formula is C81H87BCl2N20O10S2. The van der Waals surface area contributed by atoms with Crippen molar-refractivity contribution in [3.63, 3.8) is 0 Å². The van der Waals surface area contributed by atoms with E-state index in [2.05, 4.69) is 130 Å². The maximum Gasteiger partial charge on any atom is 0.490 e. The smallest absolute Gasteiger partial charge is 0.490 e. The third-order valence-corrected chi connectivity index (χ3v) is 19.4. The lowest BCUT2D eigenvalue weighted by Crippen LogP contribution is -3.00. The number of pyridine rings is 5. The number of hydrogen-bond donors (Lipinski definition) is 6. The average Bonchev–Trinajstić information content (AvgIpc) is 0.790. The number of amides is 2. The number of halogens is 2. The van der Waals surface area contributed by atoms with Crippen LogP contribution in [0.4, 0.5) is 15.3 Å². The number of nitriles is 2. The summed E-state index contributed by atoms with van der Waals surface area (Å²) in [6.07, 6.45) is 13.2. The number of nitrogens with one attached hydrogen (secondary N) is 3. The lowest BCUT2D eigenvalue weighted by atomic mass is 9.82. The van der Waals surface area contributed by atoms with Crippen LogP contribution < -0.4 is 46.6 Å². The zero-order chi connectivity index (χ0) is 84.3. The van der Waals surface area contributed by atoms with Gasteiger partial charge in [0.05, 0.1) is 57.1 Å².